The number of nitrogens with one attached hydrogen (secondary N) is 2. The molecule has 4 heteroatoms. The minimum absolute atomic E-state index is 0.173. The minimum atomic E-state index is -0.498. The molecule has 92 valence electrons. The highest BCUT2D eigenvalue weighted by Gasteiger charge is 2.15. The van der Waals surface area contributed by atoms with Crippen molar-refractivity contribution in [1.82, 2.24) is 10.9 Å². The van der Waals surface area contributed by atoms with E-state index in [0.29, 0.717) is 6.42 Å². The van der Waals surface area contributed by atoms with Crippen molar-refractivity contribution in [2.24, 2.45) is 5.73 Å². The normalized spacial score (nSPS) is 15.4. The number of benzene rings is 1. The highest BCUT2D eigenvalue weighted by molar-refractivity contribution is 5.81. The number of fused-ring (bicyclic) bond motifs is 1. The lowest BCUT2D eigenvalue weighted by Crippen LogP contribution is -2.46. The molecular formula is C13H19N3O. The molecule has 1 aliphatic rings. The number of carbonyl (C=O) groups is 1. The zero-order valence-corrected chi connectivity index (χ0v) is 10.1. The number of carbonyl (C=O) groups excluding carboxylic acids is 1. The van der Waals surface area contributed by atoms with Crippen molar-refractivity contribution in [2.45, 2.75) is 31.7 Å². The fraction of sp³-hybridized carbons (Fsp3) is 0.462. The fourth-order valence-corrected chi connectivity index (χ4v) is 2.31. The van der Waals surface area contributed by atoms with Gasteiger partial charge >= 0.3 is 0 Å². The molecule has 1 aromatic carbocycles. The number of amides is 1. The van der Waals surface area contributed by atoms with Crippen LogP contribution in [0.4, 0.5) is 0 Å². The number of hydrogen-bond donors (Lipinski definition) is 3. The second-order valence-corrected chi connectivity index (χ2v) is 4.51. The van der Waals surface area contributed by atoms with E-state index in [1.54, 1.807) is 7.05 Å². The van der Waals surface area contributed by atoms with E-state index in [1.165, 1.54) is 24.0 Å². The molecule has 0 saturated heterocycles. The molecule has 1 aromatic rings. The lowest BCUT2D eigenvalue weighted by atomic mass is 10.0. The van der Waals surface area contributed by atoms with Gasteiger partial charge < -0.3 is 5.73 Å². The van der Waals surface area contributed by atoms with Crippen molar-refractivity contribution < 1.29 is 4.79 Å². The summed E-state index contributed by atoms with van der Waals surface area (Å²) in [7, 11) is 1.65. The first kappa shape index (κ1) is 12.1. The topological polar surface area (TPSA) is 67.1 Å². The summed E-state index contributed by atoms with van der Waals surface area (Å²) >= 11 is 0. The van der Waals surface area contributed by atoms with Crippen LogP contribution in [0.3, 0.4) is 0 Å². The monoisotopic (exact) mass is 233 g/mol. The smallest absolute Gasteiger partial charge is 0.251 e. The highest BCUT2D eigenvalue weighted by Crippen LogP contribution is 2.23. The Balaban J connectivity index is 2.01. The van der Waals surface area contributed by atoms with Gasteiger partial charge in [-0.15, -0.1) is 0 Å². The molecule has 0 heterocycles. The third-order valence-electron chi connectivity index (χ3n) is 3.20. The molecule has 1 unspecified atom stereocenters. The quantitative estimate of drug-likeness (QED) is 0.655. The summed E-state index contributed by atoms with van der Waals surface area (Å²) in [5, 5.41) is 0. The Bertz CT molecular complexity index is 417. The Hall–Kier alpha value is -1.39. The van der Waals surface area contributed by atoms with Crippen LogP contribution in [-0.4, -0.2) is 19.0 Å². The van der Waals surface area contributed by atoms with E-state index in [-0.39, 0.29) is 5.91 Å². The molecule has 4 nitrogen and oxygen atoms in total. The highest BCUT2D eigenvalue weighted by atomic mass is 16.2. The van der Waals surface area contributed by atoms with Gasteiger partial charge in [-0.05, 0) is 42.4 Å². The largest absolute Gasteiger partial charge is 0.320 e. The van der Waals surface area contributed by atoms with Gasteiger partial charge in [0.2, 0.25) is 0 Å². The Morgan fingerprint density at radius 3 is 2.94 bits per heavy atom. The Kier molecular flexibility index (Phi) is 3.76. The molecule has 0 bridgehead atoms. The molecular weight excluding hydrogens is 214 g/mol. The lowest BCUT2D eigenvalue weighted by molar-refractivity contribution is -0.123. The van der Waals surface area contributed by atoms with Crippen molar-refractivity contribution in [3.05, 3.63) is 34.9 Å². The molecule has 0 saturated carbocycles. The van der Waals surface area contributed by atoms with Crippen LogP contribution in [0.25, 0.3) is 0 Å². The Morgan fingerprint density at radius 1 is 1.41 bits per heavy atom. The van der Waals surface area contributed by atoms with E-state index in [2.05, 4.69) is 29.1 Å². The molecule has 2 rings (SSSR count). The third kappa shape index (κ3) is 2.84. The average molecular weight is 233 g/mol. The van der Waals surface area contributed by atoms with Gasteiger partial charge in [-0.1, -0.05) is 18.2 Å². The molecule has 4 N–H and O–H groups in total. The number of aryl methyl sites for hydroxylation is 2. The zero-order chi connectivity index (χ0) is 12.3. The maximum atomic E-state index is 11.5. The van der Waals surface area contributed by atoms with Gasteiger partial charge in [0.05, 0.1) is 6.04 Å². The second-order valence-electron chi connectivity index (χ2n) is 4.51. The van der Waals surface area contributed by atoms with E-state index in [9.17, 15) is 4.79 Å². The molecule has 17 heavy (non-hydrogen) atoms. The van der Waals surface area contributed by atoms with Gasteiger partial charge in [-0.2, -0.15) is 0 Å². The second kappa shape index (κ2) is 5.29. The first-order valence-electron chi connectivity index (χ1n) is 6.03. The number of nitrogens with two attached hydrogens (primary N) is 1. The van der Waals surface area contributed by atoms with Crippen molar-refractivity contribution in [3.63, 3.8) is 0 Å². The minimum Gasteiger partial charge on any atom is -0.320 e. The van der Waals surface area contributed by atoms with E-state index < -0.39 is 6.04 Å². The predicted molar refractivity (Wildman–Crippen MR) is 67.3 cm³/mol. The maximum Gasteiger partial charge on any atom is 0.251 e. The first-order valence-corrected chi connectivity index (χ1v) is 6.03. The Morgan fingerprint density at radius 2 is 2.18 bits per heavy atom. The zero-order valence-electron chi connectivity index (χ0n) is 10.1. The first-order chi connectivity index (χ1) is 8.20. The maximum absolute atomic E-state index is 11.5. The van der Waals surface area contributed by atoms with E-state index in [0.717, 1.165) is 12.0 Å². The van der Waals surface area contributed by atoms with Crippen molar-refractivity contribution >= 4 is 5.91 Å². The van der Waals surface area contributed by atoms with Gasteiger partial charge in [-0.3, -0.25) is 10.2 Å². The molecule has 0 spiro atoms. The molecule has 1 atom stereocenters. The lowest BCUT2D eigenvalue weighted by Gasteiger charge is -2.12. The molecule has 1 amide bonds. The number of rotatable bonds is 4. The van der Waals surface area contributed by atoms with Gasteiger partial charge in [-0.25, -0.2) is 5.43 Å². The van der Waals surface area contributed by atoms with Gasteiger partial charge in [0.25, 0.3) is 5.91 Å². The summed E-state index contributed by atoms with van der Waals surface area (Å²) in [4.78, 5) is 11.5. The number of hydrogen-bond acceptors (Lipinski definition) is 3. The van der Waals surface area contributed by atoms with E-state index in [1.807, 2.05) is 0 Å². The van der Waals surface area contributed by atoms with Crippen molar-refractivity contribution in [3.8, 4) is 0 Å². The summed E-state index contributed by atoms with van der Waals surface area (Å²) in [5.41, 5.74) is 14.9. The summed E-state index contributed by atoms with van der Waals surface area (Å²) in [6, 6.07) is 5.94. The third-order valence-corrected chi connectivity index (χ3v) is 3.20. The standard InChI is InChI=1S/C13H19N3O/c1-15-16-13(17)12(14)8-9-5-6-10-3-2-4-11(10)7-9/h5-7,12,15H,2-4,8,14H2,1H3,(H,16,17). The number of hydrazine groups is 1. The summed E-state index contributed by atoms with van der Waals surface area (Å²) in [5.74, 6) is -0.173. The fourth-order valence-electron chi connectivity index (χ4n) is 2.31. The summed E-state index contributed by atoms with van der Waals surface area (Å²) in [6.07, 6.45) is 4.16. The molecule has 0 radical (unpaired) electrons. The SMILES string of the molecule is CNNC(=O)C(N)Cc1ccc2c(c1)CCC2. The molecule has 0 fully saturated rings. The predicted octanol–water partition coefficient (Wildman–Crippen LogP) is 0.296. The van der Waals surface area contributed by atoms with Crippen molar-refractivity contribution in [1.29, 1.82) is 0 Å². The Labute approximate surface area is 102 Å². The van der Waals surface area contributed by atoms with Crippen LogP contribution < -0.4 is 16.6 Å². The van der Waals surface area contributed by atoms with Crippen LogP contribution in [0.2, 0.25) is 0 Å². The van der Waals surface area contributed by atoms with E-state index >= 15 is 0 Å². The van der Waals surface area contributed by atoms with Crippen LogP contribution >= 0.6 is 0 Å². The summed E-state index contributed by atoms with van der Waals surface area (Å²) < 4.78 is 0. The van der Waals surface area contributed by atoms with Crippen LogP contribution in [0.5, 0.6) is 0 Å². The van der Waals surface area contributed by atoms with Crippen LogP contribution in [0, 0.1) is 0 Å². The summed E-state index contributed by atoms with van der Waals surface area (Å²) in [6.45, 7) is 0. The molecule has 0 aromatic heterocycles. The van der Waals surface area contributed by atoms with Gasteiger partial charge in [0, 0.05) is 7.05 Å². The van der Waals surface area contributed by atoms with Crippen LogP contribution in [-0.2, 0) is 24.1 Å². The molecule has 1 aliphatic carbocycles. The average Bonchev–Trinajstić information content (AvgIpc) is 2.76. The van der Waals surface area contributed by atoms with Gasteiger partial charge in [0.1, 0.15) is 0 Å². The van der Waals surface area contributed by atoms with Crippen molar-refractivity contribution in [2.75, 3.05) is 7.05 Å². The van der Waals surface area contributed by atoms with Crippen LogP contribution in [0.1, 0.15) is 23.1 Å². The van der Waals surface area contributed by atoms with E-state index in [4.69, 9.17) is 5.73 Å². The molecule has 0 aliphatic heterocycles. The van der Waals surface area contributed by atoms with Crippen LogP contribution in [0.15, 0.2) is 18.2 Å². The van der Waals surface area contributed by atoms with Gasteiger partial charge in [0.15, 0.2) is 0 Å².